The van der Waals surface area contributed by atoms with Crippen molar-refractivity contribution in [1.82, 2.24) is 9.97 Å². The molecule has 1 aromatic heterocycles. The lowest BCUT2D eigenvalue weighted by Crippen LogP contribution is -2.53. The summed E-state index contributed by atoms with van der Waals surface area (Å²) in [6, 6.07) is 0. The van der Waals surface area contributed by atoms with Crippen molar-refractivity contribution < 1.29 is 0 Å². The molecule has 0 spiro atoms. The quantitative estimate of drug-likeness (QED) is 0.752. The third-order valence-corrected chi connectivity index (χ3v) is 2.52. The molecular formula is C10H16N4. The van der Waals surface area contributed by atoms with Gasteiger partial charge >= 0.3 is 0 Å². The molecule has 1 fully saturated rings. The molecule has 2 rings (SSSR count). The summed E-state index contributed by atoms with van der Waals surface area (Å²) >= 11 is 0. The molecule has 0 aliphatic carbocycles. The van der Waals surface area contributed by atoms with Gasteiger partial charge in [0.1, 0.15) is 12.1 Å². The second kappa shape index (κ2) is 3.20. The Morgan fingerprint density at radius 2 is 2.21 bits per heavy atom. The minimum absolute atomic E-state index is 0.414. The van der Waals surface area contributed by atoms with Crippen LogP contribution in [0.5, 0.6) is 0 Å². The molecule has 1 aliphatic rings. The van der Waals surface area contributed by atoms with Crippen molar-refractivity contribution in [2.24, 2.45) is 11.1 Å². The van der Waals surface area contributed by atoms with Crippen molar-refractivity contribution in [3.8, 4) is 0 Å². The van der Waals surface area contributed by atoms with Gasteiger partial charge < -0.3 is 10.6 Å². The Morgan fingerprint density at radius 1 is 1.50 bits per heavy atom. The highest BCUT2D eigenvalue weighted by molar-refractivity contribution is 5.48. The van der Waals surface area contributed by atoms with Gasteiger partial charge in [-0.3, -0.25) is 0 Å². The van der Waals surface area contributed by atoms with Gasteiger partial charge in [0.05, 0.1) is 0 Å². The van der Waals surface area contributed by atoms with Crippen molar-refractivity contribution in [3.63, 3.8) is 0 Å². The number of hydrogen-bond donors (Lipinski definition) is 1. The molecule has 0 saturated carbocycles. The van der Waals surface area contributed by atoms with Gasteiger partial charge in [0, 0.05) is 31.4 Å². The summed E-state index contributed by atoms with van der Waals surface area (Å²) in [6.45, 7) is 7.13. The van der Waals surface area contributed by atoms with Crippen LogP contribution in [0.25, 0.3) is 0 Å². The molecule has 0 radical (unpaired) electrons. The topological polar surface area (TPSA) is 55.0 Å². The molecule has 76 valence electrons. The molecule has 1 aliphatic heterocycles. The molecule has 0 unspecified atom stereocenters. The van der Waals surface area contributed by atoms with Gasteiger partial charge in [-0.25, -0.2) is 9.97 Å². The van der Waals surface area contributed by atoms with E-state index < -0.39 is 0 Å². The van der Waals surface area contributed by atoms with Crippen LogP contribution in [0, 0.1) is 5.41 Å². The minimum Gasteiger partial charge on any atom is -0.355 e. The van der Waals surface area contributed by atoms with Crippen LogP contribution in [-0.2, 0) is 6.54 Å². The van der Waals surface area contributed by atoms with Gasteiger partial charge in [-0.05, 0) is 5.41 Å². The molecule has 0 amide bonds. The van der Waals surface area contributed by atoms with E-state index in [0.29, 0.717) is 12.0 Å². The zero-order valence-electron chi connectivity index (χ0n) is 8.70. The van der Waals surface area contributed by atoms with Gasteiger partial charge in [0.25, 0.3) is 0 Å². The molecule has 1 saturated heterocycles. The minimum atomic E-state index is 0.414. The van der Waals surface area contributed by atoms with E-state index in [9.17, 15) is 0 Å². The zero-order chi connectivity index (χ0) is 10.2. The third kappa shape index (κ3) is 1.57. The fourth-order valence-corrected chi connectivity index (χ4v) is 1.92. The van der Waals surface area contributed by atoms with Crippen LogP contribution in [-0.4, -0.2) is 23.1 Å². The normalized spacial score (nSPS) is 19.2. The maximum Gasteiger partial charge on any atom is 0.136 e. The Morgan fingerprint density at radius 3 is 2.79 bits per heavy atom. The second-order valence-electron chi connectivity index (χ2n) is 4.60. The number of anilines is 1. The van der Waals surface area contributed by atoms with Crippen LogP contribution in [0.3, 0.4) is 0 Å². The van der Waals surface area contributed by atoms with Crippen LogP contribution >= 0.6 is 0 Å². The van der Waals surface area contributed by atoms with Gasteiger partial charge in [0.2, 0.25) is 0 Å². The fraction of sp³-hybridized carbons (Fsp3) is 0.600. The Hall–Kier alpha value is -1.16. The molecule has 2 heterocycles. The predicted molar refractivity (Wildman–Crippen MR) is 55.9 cm³/mol. The van der Waals surface area contributed by atoms with E-state index >= 15 is 0 Å². The molecular weight excluding hydrogens is 176 g/mol. The van der Waals surface area contributed by atoms with Crippen molar-refractivity contribution in [3.05, 3.63) is 18.1 Å². The number of nitrogens with two attached hydrogens (primary N) is 1. The number of rotatable bonds is 2. The first-order chi connectivity index (χ1) is 6.62. The van der Waals surface area contributed by atoms with Crippen molar-refractivity contribution in [2.75, 3.05) is 18.0 Å². The number of nitrogens with zero attached hydrogens (tertiary/aromatic N) is 3. The zero-order valence-corrected chi connectivity index (χ0v) is 8.70. The lowest BCUT2D eigenvalue weighted by molar-refractivity contribution is 0.274. The van der Waals surface area contributed by atoms with Crippen LogP contribution in [0.4, 0.5) is 5.82 Å². The molecule has 0 bridgehead atoms. The van der Waals surface area contributed by atoms with Crippen molar-refractivity contribution in [2.45, 2.75) is 20.4 Å². The number of aromatic nitrogens is 2. The van der Waals surface area contributed by atoms with Crippen LogP contribution in [0.2, 0.25) is 0 Å². The van der Waals surface area contributed by atoms with E-state index in [2.05, 4.69) is 28.7 Å². The maximum atomic E-state index is 5.63. The van der Waals surface area contributed by atoms with Crippen molar-refractivity contribution >= 4 is 5.82 Å². The first-order valence-electron chi connectivity index (χ1n) is 4.86. The average Bonchev–Trinajstić information content (AvgIpc) is 2.14. The molecule has 4 heteroatoms. The standard InChI is InChI=1S/C10H16N4/c1-10(2)5-14(6-10)9-8(3-11)4-12-7-13-9/h4,7H,3,5-6,11H2,1-2H3. The van der Waals surface area contributed by atoms with E-state index in [0.717, 1.165) is 24.5 Å². The van der Waals surface area contributed by atoms with E-state index in [-0.39, 0.29) is 0 Å². The largest absolute Gasteiger partial charge is 0.355 e. The lowest BCUT2D eigenvalue weighted by atomic mass is 9.84. The Labute approximate surface area is 84.2 Å². The smallest absolute Gasteiger partial charge is 0.136 e. The monoisotopic (exact) mass is 192 g/mol. The molecule has 1 aromatic rings. The van der Waals surface area contributed by atoms with Gasteiger partial charge in [0.15, 0.2) is 0 Å². The average molecular weight is 192 g/mol. The molecule has 0 aromatic carbocycles. The fourth-order valence-electron chi connectivity index (χ4n) is 1.92. The van der Waals surface area contributed by atoms with E-state index in [4.69, 9.17) is 5.73 Å². The second-order valence-corrected chi connectivity index (χ2v) is 4.60. The Kier molecular flexibility index (Phi) is 2.15. The third-order valence-electron chi connectivity index (χ3n) is 2.52. The molecule has 4 nitrogen and oxygen atoms in total. The summed E-state index contributed by atoms with van der Waals surface area (Å²) in [5.41, 5.74) is 7.07. The van der Waals surface area contributed by atoms with E-state index in [1.165, 1.54) is 0 Å². The summed E-state index contributed by atoms with van der Waals surface area (Å²) in [7, 11) is 0. The highest BCUT2D eigenvalue weighted by Gasteiger charge is 2.35. The van der Waals surface area contributed by atoms with Crippen LogP contribution in [0.15, 0.2) is 12.5 Å². The SMILES string of the molecule is CC1(C)CN(c2ncncc2CN)C1. The summed E-state index contributed by atoms with van der Waals surface area (Å²) in [5.74, 6) is 1.00. The predicted octanol–water partition coefficient (Wildman–Crippen LogP) is 0.781. The van der Waals surface area contributed by atoms with E-state index in [1.807, 2.05) is 0 Å². The van der Waals surface area contributed by atoms with Gasteiger partial charge in [-0.2, -0.15) is 0 Å². The summed E-state index contributed by atoms with van der Waals surface area (Å²) in [4.78, 5) is 10.5. The molecule has 0 atom stereocenters. The van der Waals surface area contributed by atoms with Gasteiger partial charge in [-0.15, -0.1) is 0 Å². The summed E-state index contributed by atoms with van der Waals surface area (Å²) < 4.78 is 0. The lowest BCUT2D eigenvalue weighted by Gasteiger charge is -2.47. The Balaban J connectivity index is 2.18. The first kappa shape index (κ1) is 9.40. The highest BCUT2D eigenvalue weighted by atomic mass is 15.3. The first-order valence-corrected chi connectivity index (χ1v) is 4.86. The van der Waals surface area contributed by atoms with Crippen LogP contribution in [0.1, 0.15) is 19.4 Å². The maximum absolute atomic E-state index is 5.63. The summed E-state index contributed by atoms with van der Waals surface area (Å²) in [6.07, 6.45) is 3.38. The van der Waals surface area contributed by atoms with Crippen molar-refractivity contribution in [1.29, 1.82) is 0 Å². The van der Waals surface area contributed by atoms with Gasteiger partial charge in [-0.1, -0.05) is 13.8 Å². The summed E-state index contributed by atoms with van der Waals surface area (Å²) in [5, 5.41) is 0. The Bertz CT molecular complexity index is 327. The molecule has 2 N–H and O–H groups in total. The van der Waals surface area contributed by atoms with E-state index in [1.54, 1.807) is 12.5 Å². The highest BCUT2D eigenvalue weighted by Crippen LogP contribution is 2.33. The molecule has 14 heavy (non-hydrogen) atoms. The number of hydrogen-bond acceptors (Lipinski definition) is 4. The van der Waals surface area contributed by atoms with Crippen LogP contribution < -0.4 is 10.6 Å².